The maximum Gasteiger partial charge on any atom is 0.287 e. The van der Waals surface area contributed by atoms with Crippen LogP contribution in [0.3, 0.4) is 0 Å². The first-order chi connectivity index (χ1) is 14.4. The molecule has 8 heteroatoms. The zero-order valence-corrected chi connectivity index (χ0v) is 16.2. The molecule has 154 valence electrons. The summed E-state index contributed by atoms with van der Waals surface area (Å²) in [4.78, 5) is 22.7. The van der Waals surface area contributed by atoms with Gasteiger partial charge in [0, 0.05) is 19.0 Å². The van der Waals surface area contributed by atoms with Crippen molar-refractivity contribution in [1.82, 2.24) is 19.3 Å². The van der Waals surface area contributed by atoms with Gasteiger partial charge in [-0.25, -0.2) is 18.7 Å². The number of piperidine rings is 1. The first-order valence-corrected chi connectivity index (χ1v) is 9.43. The van der Waals surface area contributed by atoms with Crippen molar-refractivity contribution in [2.45, 2.75) is 18.4 Å². The molecule has 1 aliphatic rings. The molecule has 0 spiro atoms. The Hall–Kier alpha value is -3.55. The number of carbonyl (C=O) groups is 1. The van der Waals surface area contributed by atoms with E-state index >= 15 is 0 Å². The maximum atomic E-state index is 14.6. The maximum absolute atomic E-state index is 14.6. The number of rotatable bonds is 5. The van der Waals surface area contributed by atoms with Crippen LogP contribution in [-0.4, -0.2) is 50.3 Å². The number of amides is 1. The molecule has 3 aromatic rings. The molecule has 1 fully saturated rings. The van der Waals surface area contributed by atoms with Crippen molar-refractivity contribution in [2.75, 3.05) is 13.1 Å². The summed E-state index contributed by atoms with van der Waals surface area (Å²) >= 11 is 0. The molecule has 0 aromatic carbocycles. The molecule has 6 nitrogen and oxygen atoms in total. The number of imidazole rings is 1. The van der Waals surface area contributed by atoms with Crippen molar-refractivity contribution in [3.05, 3.63) is 73.0 Å². The van der Waals surface area contributed by atoms with Crippen LogP contribution in [0.2, 0.25) is 0 Å². The lowest BCUT2D eigenvalue weighted by Crippen LogP contribution is -2.55. The average Bonchev–Trinajstić information content (AvgIpc) is 3.23. The van der Waals surface area contributed by atoms with E-state index in [9.17, 15) is 13.6 Å². The molecule has 0 bridgehead atoms. The van der Waals surface area contributed by atoms with Crippen LogP contribution in [0.15, 0.2) is 56.0 Å². The Bertz CT molecular complexity index is 1130. The molecule has 0 saturated carbocycles. The molecule has 1 atom stereocenters. The summed E-state index contributed by atoms with van der Waals surface area (Å²) in [6, 6.07) is 8.38. The van der Waals surface area contributed by atoms with Gasteiger partial charge in [0.2, 0.25) is 5.88 Å². The molecule has 1 aliphatic heterocycles. The normalized spacial score (nSPS) is 18.2. The van der Waals surface area contributed by atoms with Crippen molar-refractivity contribution in [2.24, 2.45) is 0 Å². The molecule has 0 radical (unpaired) electrons. The summed E-state index contributed by atoms with van der Waals surface area (Å²) in [5.41, 5.74) is 2.31. The zero-order chi connectivity index (χ0) is 21.3. The monoisotopic (exact) mass is 410 g/mol. The van der Waals surface area contributed by atoms with Crippen LogP contribution in [0, 0.1) is 0 Å². The summed E-state index contributed by atoms with van der Waals surface area (Å²) in [5, 5.41) is 0. The third-order valence-corrected chi connectivity index (χ3v) is 5.13. The summed E-state index contributed by atoms with van der Waals surface area (Å²) in [6.07, 6.45) is 4.24. The molecule has 3 aromatic heterocycles. The van der Waals surface area contributed by atoms with Gasteiger partial charge in [0.1, 0.15) is 5.69 Å². The molecule has 0 aliphatic carbocycles. The summed E-state index contributed by atoms with van der Waals surface area (Å²) in [7, 11) is 0. The number of alkyl halides is 2. The number of halogens is 2. The van der Waals surface area contributed by atoms with Crippen molar-refractivity contribution >= 4 is 23.6 Å². The molecular weight excluding hydrogens is 390 g/mol. The molecule has 4 rings (SSSR count). The fraction of sp³-hybridized carbons (Fsp3) is 0.227. The number of ether oxygens (including phenoxy) is 1. The van der Waals surface area contributed by atoms with Gasteiger partial charge in [-0.2, -0.15) is 0 Å². The largest absolute Gasteiger partial charge is 0.466 e. The lowest BCUT2D eigenvalue weighted by molar-refractivity contribution is -0.131. The minimum atomic E-state index is -3.09. The van der Waals surface area contributed by atoms with Crippen LogP contribution in [0.1, 0.15) is 28.2 Å². The van der Waals surface area contributed by atoms with Gasteiger partial charge in [-0.3, -0.25) is 9.20 Å². The van der Waals surface area contributed by atoms with E-state index in [1.165, 1.54) is 23.4 Å². The van der Waals surface area contributed by atoms with Gasteiger partial charge in [-0.15, -0.1) is 0 Å². The second kappa shape index (κ2) is 7.70. The quantitative estimate of drug-likeness (QED) is 0.639. The molecule has 0 N–H and O–H groups in total. The van der Waals surface area contributed by atoms with E-state index in [0.29, 0.717) is 11.4 Å². The highest BCUT2D eigenvalue weighted by Crippen LogP contribution is 2.32. The van der Waals surface area contributed by atoms with Crippen molar-refractivity contribution in [3.63, 3.8) is 0 Å². The van der Waals surface area contributed by atoms with Crippen LogP contribution in [0.4, 0.5) is 8.78 Å². The third kappa shape index (κ3) is 3.56. The Balaban J connectivity index is 1.58. The van der Waals surface area contributed by atoms with Crippen LogP contribution in [0.25, 0.3) is 17.7 Å². The highest BCUT2D eigenvalue weighted by molar-refractivity contribution is 5.93. The van der Waals surface area contributed by atoms with E-state index in [1.54, 1.807) is 34.9 Å². The van der Waals surface area contributed by atoms with E-state index in [0.717, 1.165) is 11.1 Å². The molecule has 1 amide bonds. The second-order valence-electron chi connectivity index (χ2n) is 7.00. The van der Waals surface area contributed by atoms with Crippen molar-refractivity contribution in [1.29, 1.82) is 0 Å². The number of fused-ring (bicyclic) bond motifs is 1. The number of pyridine rings is 2. The average molecular weight is 410 g/mol. The zero-order valence-electron chi connectivity index (χ0n) is 16.2. The third-order valence-electron chi connectivity index (χ3n) is 5.13. The Morgan fingerprint density at radius 3 is 2.83 bits per heavy atom. The molecule has 4 heterocycles. The summed E-state index contributed by atoms with van der Waals surface area (Å²) in [5.74, 6) is -3.40. The van der Waals surface area contributed by atoms with Crippen molar-refractivity contribution in [3.8, 4) is 5.88 Å². The number of likely N-dealkylation sites (tertiary alicyclic amines) is 1. The fourth-order valence-corrected chi connectivity index (χ4v) is 3.48. The Morgan fingerprint density at radius 1 is 1.23 bits per heavy atom. The van der Waals surface area contributed by atoms with Gasteiger partial charge >= 0.3 is 0 Å². The lowest BCUT2D eigenvalue weighted by Gasteiger charge is -2.38. The molecule has 1 unspecified atom stereocenters. The minimum absolute atomic E-state index is 0.0474. The molecule has 30 heavy (non-hydrogen) atoms. The number of hydrogen-bond donors (Lipinski definition) is 0. The number of carbonyl (C=O) groups excluding carboxylic acids is 1. The van der Waals surface area contributed by atoms with Gasteiger partial charge in [0.15, 0.2) is 6.10 Å². The SMILES string of the molecule is C=Cc1ccc(OC2CN(C(=O)c3cccc4cncn34)CCC2(F)F)nc1C=C. The number of hydrogen-bond acceptors (Lipinski definition) is 4. The van der Waals surface area contributed by atoms with Gasteiger partial charge in [0.05, 0.1) is 30.3 Å². The highest BCUT2D eigenvalue weighted by Gasteiger charge is 2.47. The van der Waals surface area contributed by atoms with Crippen molar-refractivity contribution < 1.29 is 18.3 Å². The van der Waals surface area contributed by atoms with Gasteiger partial charge in [-0.1, -0.05) is 25.3 Å². The fourth-order valence-electron chi connectivity index (χ4n) is 3.48. The predicted octanol–water partition coefficient (Wildman–Crippen LogP) is 3.94. The first-order valence-electron chi connectivity index (χ1n) is 9.43. The van der Waals surface area contributed by atoms with Crippen LogP contribution < -0.4 is 4.74 Å². The van der Waals surface area contributed by atoms with E-state index in [-0.39, 0.29) is 24.9 Å². The standard InChI is InChI=1S/C22H20F2N4O2/c1-3-15-8-9-20(26-17(15)4-2)30-19-13-27(11-10-22(19,23)24)21(29)18-7-5-6-16-12-25-14-28(16)18/h3-9,12,14,19H,1-2,10-11,13H2. The van der Waals surface area contributed by atoms with E-state index in [4.69, 9.17) is 4.74 Å². The topological polar surface area (TPSA) is 59.7 Å². The first kappa shape index (κ1) is 19.8. The minimum Gasteiger partial charge on any atom is -0.466 e. The van der Waals surface area contributed by atoms with Crippen LogP contribution in [-0.2, 0) is 0 Å². The Kier molecular flexibility index (Phi) is 5.07. The molecule has 1 saturated heterocycles. The van der Waals surface area contributed by atoms with E-state index in [2.05, 4.69) is 23.1 Å². The van der Waals surface area contributed by atoms with Gasteiger partial charge in [-0.05, 0) is 29.8 Å². The Morgan fingerprint density at radius 2 is 2.07 bits per heavy atom. The Labute approximate surface area is 172 Å². The van der Waals surface area contributed by atoms with E-state index < -0.39 is 18.4 Å². The van der Waals surface area contributed by atoms with E-state index in [1.807, 2.05) is 6.07 Å². The summed E-state index contributed by atoms with van der Waals surface area (Å²) in [6.45, 7) is 7.03. The van der Waals surface area contributed by atoms with Gasteiger partial charge < -0.3 is 9.64 Å². The predicted molar refractivity (Wildman–Crippen MR) is 109 cm³/mol. The van der Waals surface area contributed by atoms with Crippen LogP contribution >= 0.6 is 0 Å². The van der Waals surface area contributed by atoms with Gasteiger partial charge in [0.25, 0.3) is 11.8 Å². The molecular formula is C22H20F2N4O2. The number of aromatic nitrogens is 3. The lowest BCUT2D eigenvalue weighted by atomic mass is 10.0. The second-order valence-corrected chi connectivity index (χ2v) is 7.00. The summed E-state index contributed by atoms with van der Waals surface area (Å²) < 4.78 is 36.3. The number of nitrogens with zero attached hydrogens (tertiary/aromatic N) is 4. The highest BCUT2D eigenvalue weighted by atomic mass is 19.3. The smallest absolute Gasteiger partial charge is 0.287 e. The van der Waals surface area contributed by atoms with Crippen LogP contribution in [0.5, 0.6) is 5.88 Å².